The Morgan fingerprint density at radius 2 is 1.91 bits per heavy atom. The Hall–Kier alpha value is -2.54. The van der Waals surface area contributed by atoms with Gasteiger partial charge in [-0.2, -0.15) is 4.31 Å². The Morgan fingerprint density at radius 1 is 1.24 bits per heavy atom. The summed E-state index contributed by atoms with van der Waals surface area (Å²) in [6, 6.07) is 4.58. The Bertz CT molecular complexity index is 1120. The molecule has 0 atom stereocenters. The van der Waals surface area contributed by atoms with Crippen LogP contribution < -0.4 is 10.2 Å². The lowest BCUT2D eigenvalue weighted by Gasteiger charge is -2.30. The van der Waals surface area contributed by atoms with Crippen LogP contribution in [0.5, 0.6) is 0 Å². The second-order valence-electron chi connectivity index (χ2n) is 7.25. The molecule has 1 N–H and O–H groups in total. The van der Waals surface area contributed by atoms with Crippen LogP contribution in [0.2, 0.25) is 0 Å². The number of anilines is 2. The van der Waals surface area contributed by atoms with Crippen molar-refractivity contribution in [1.29, 1.82) is 0 Å². The monoisotopic (exact) mass is 496 g/mol. The summed E-state index contributed by atoms with van der Waals surface area (Å²) in [5.74, 6) is -1.05. The molecule has 1 amide bonds. The number of esters is 1. The van der Waals surface area contributed by atoms with Crippen LogP contribution in [0.1, 0.15) is 39.6 Å². The third-order valence-electron chi connectivity index (χ3n) is 5.30. The predicted molar refractivity (Wildman–Crippen MR) is 126 cm³/mol. The van der Waals surface area contributed by atoms with Gasteiger partial charge in [-0.15, -0.1) is 0 Å². The van der Waals surface area contributed by atoms with Gasteiger partial charge in [0.05, 0.1) is 36.5 Å². The number of thiazole rings is 1. The van der Waals surface area contributed by atoms with Crippen LogP contribution in [-0.4, -0.2) is 76.1 Å². The highest BCUT2D eigenvalue weighted by Gasteiger charge is 2.27. The molecule has 0 radical (unpaired) electrons. The average molecular weight is 497 g/mol. The van der Waals surface area contributed by atoms with Crippen molar-refractivity contribution in [2.45, 2.75) is 25.7 Å². The first-order valence-corrected chi connectivity index (χ1v) is 12.8. The largest absolute Gasteiger partial charge is 0.465 e. The van der Waals surface area contributed by atoms with Gasteiger partial charge in [0, 0.05) is 31.9 Å². The molecule has 33 heavy (non-hydrogen) atoms. The Balaban J connectivity index is 2.01. The molecule has 1 fully saturated rings. The summed E-state index contributed by atoms with van der Waals surface area (Å²) in [6.07, 6.45) is 0. The van der Waals surface area contributed by atoms with E-state index in [0.717, 1.165) is 11.3 Å². The SMILES string of the molecule is CCN(CC)S(=O)(=O)c1ccc(N2CCOCC2)c(C(=O)Nc2nc(C)c(C(=O)OC)s2)c1. The maximum absolute atomic E-state index is 13.3. The second-order valence-corrected chi connectivity index (χ2v) is 10.2. The number of rotatable bonds is 8. The summed E-state index contributed by atoms with van der Waals surface area (Å²) in [6.45, 7) is 7.98. The highest BCUT2D eigenvalue weighted by Crippen LogP contribution is 2.29. The Kier molecular flexibility index (Phi) is 8.05. The van der Waals surface area contributed by atoms with E-state index < -0.39 is 21.9 Å². The molecule has 1 aliphatic heterocycles. The molecule has 0 bridgehead atoms. The van der Waals surface area contributed by atoms with Gasteiger partial charge in [0.1, 0.15) is 4.88 Å². The normalized spacial score (nSPS) is 14.4. The number of aromatic nitrogens is 1. The zero-order valence-electron chi connectivity index (χ0n) is 19.1. The van der Waals surface area contributed by atoms with E-state index in [1.165, 1.54) is 23.5 Å². The summed E-state index contributed by atoms with van der Waals surface area (Å²) in [5.41, 5.74) is 1.25. The summed E-state index contributed by atoms with van der Waals surface area (Å²) < 4.78 is 37.6. The molecule has 180 valence electrons. The molecule has 1 aliphatic rings. The first-order chi connectivity index (χ1) is 15.7. The molecule has 0 aliphatic carbocycles. The lowest BCUT2D eigenvalue weighted by molar-refractivity contribution is 0.0605. The predicted octanol–water partition coefficient (Wildman–Crippen LogP) is 2.36. The number of carbonyl (C=O) groups is 2. The zero-order valence-corrected chi connectivity index (χ0v) is 20.7. The van der Waals surface area contributed by atoms with E-state index in [-0.39, 0.29) is 15.6 Å². The van der Waals surface area contributed by atoms with Crippen molar-refractivity contribution in [2.24, 2.45) is 0 Å². The highest BCUT2D eigenvalue weighted by molar-refractivity contribution is 7.89. The van der Waals surface area contributed by atoms with Gasteiger partial charge in [-0.05, 0) is 25.1 Å². The number of nitrogens with one attached hydrogen (secondary N) is 1. The Labute approximate surface area is 197 Å². The molecule has 3 rings (SSSR count). The number of hydrogen-bond donors (Lipinski definition) is 1. The fraction of sp³-hybridized carbons (Fsp3) is 0.476. The molecule has 12 heteroatoms. The quantitative estimate of drug-likeness (QED) is 0.554. The molecular weight excluding hydrogens is 468 g/mol. The fourth-order valence-corrected chi connectivity index (χ4v) is 5.91. The van der Waals surface area contributed by atoms with Crippen LogP contribution in [0.25, 0.3) is 0 Å². The van der Waals surface area contributed by atoms with Crippen LogP contribution in [-0.2, 0) is 19.5 Å². The van der Waals surface area contributed by atoms with Crippen LogP contribution in [0.4, 0.5) is 10.8 Å². The number of morpholine rings is 1. The third kappa shape index (κ3) is 5.35. The van der Waals surface area contributed by atoms with E-state index >= 15 is 0 Å². The van der Waals surface area contributed by atoms with Gasteiger partial charge < -0.3 is 14.4 Å². The lowest BCUT2D eigenvalue weighted by Crippen LogP contribution is -2.37. The van der Waals surface area contributed by atoms with E-state index in [4.69, 9.17) is 9.47 Å². The van der Waals surface area contributed by atoms with E-state index in [1.807, 2.05) is 4.90 Å². The molecule has 1 aromatic heterocycles. The maximum atomic E-state index is 13.3. The number of hydrogen-bond acceptors (Lipinski definition) is 9. The Morgan fingerprint density at radius 3 is 2.52 bits per heavy atom. The molecule has 2 aromatic rings. The zero-order chi connectivity index (χ0) is 24.2. The van der Waals surface area contributed by atoms with E-state index in [2.05, 4.69) is 10.3 Å². The minimum Gasteiger partial charge on any atom is -0.465 e. The second kappa shape index (κ2) is 10.6. The number of aryl methyl sites for hydroxylation is 1. The van der Waals surface area contributed by atoms with Gasteiger partial charge in [0.2, 0.25) is 10.0 Å². The van der Waals surface area contributed by atoms with Gasteiger partial charge in [-0.3, -0.25) is 10.1 Å². The van der Waals surface area contributed by atoms with Gasteiger partial charge in [0.25, 0.3) is 5.91 Å². The number of carbonyl (C=O) groups excluding carboxylic acids is 2. The van der Waals surface area contributed by atoms with Gasteiger partial charge in [-0.1, -0.05) is 25.2 Å². The summed E-state index contributed by atoms with van der Waals surface area (Å²) in [7, 11) is -2.48. The standard InChI is InChI=1S/C21H28N4O6S2/c1-5-25(6-2)33(28,29)15-7-8-17(24-9-11-31-12-10-24)16(13-15)19(26)23-21-22-14(3)18(32-21)20(27)30-4/h7-8,13H,5-6,9-12H2,1-4H3,(H,22,23,26). The molecule has 1 aromatic carbocycles. The van der Waals surface area contributed by atoms with Crippen molar-refractivity contribution >= 4 is 44.1 Å². The highest BCUT2D eigenvalue weighted by atomic mass is 32.2. The van der Waals surface area contributed by atoms with Crippen LogP contribution in [0.15, 0.2) is 23.1 Å². The van der Waals surface area contributed by atoms with Crippen molar-refractivity contribution in [1.82, 2.24) is 9.29 Å². The first-order valence-electron chi connectivity index (χ1n) is 10.6. The third-order valence-corrected chi connectivity index (χ3v) is 8.39. The van der Waals surface area contributed by atoms with Crippen molar-refractivity contribution in [2.75, 3.05) is 56.7 Å². The van der Waals surface area contributed by atoms with E-state index in [1.54, 1.807) is 26.8 Å². The molecule has 2 heterocycles. The van der Waals surface area contributed by atoms with Gasteiger partial charge in [-0.25, -0.2) is 18.2 Å². The minimum atomic E-state index is -3.76. The number of amides is 1. The van der Waals surface area contributed by atoms with Crippen molar-refractivity contribution in [3.63, 3.8) is 0 Å². The van der Waals surface area contributed by atoms with Gasteiger partial charge in [0.15, 0.2) is 5.13 Å². The van der Waals surface area contributed by atoms with Crippen molar-refractivity contribution in [3.05, 3.63) is 34.3 Å². The molecule has 0 spiro atoms. The number of ether oxygens (including phenoxy) is 2. The molecule has 10 nitrogen and oxygen atoms in total. The van der Waals surface area contributed by atoms with Gasteiger partial charge >= 0.3 is 5.97 Å². The molecule has 1 saturated heterocycles. The van der Waals surface area contributed by atoms with Crippen LogP contribution >= 0.6 is 11.3 Å². The molecule has 0 unspecified atom stereocenters. The number of sulfonamides is 1. The summed E-state index contributed by atoms with van der Waals surface area (Å²) >= 11 is 1.00. The van der Waals surface area contributed by atoms with Crippen LogP contribution in [0, 0.1) is 6.92 Å². The minimum absolute atomic E-state index is 0.0407. The number of methoxy groups -OCH3 is 1. The molecule has 0 saturated carbocycles. The maximum Gasteiger partial charge on any atom is 0.350 e. The van der Waals surface area contributed by atoms with E-state index in [0.29, 0.717) is 55.7 Å². The number of nitrogens with zero attached hydrogens (tertiary/aromatic N) is 3. The smallest absolute Gasteiger partial charge is 0.350 e. The average Bonchev–Trinajstić information content (AvgIpc) is 3.19. The van der Waals surface area contributed by atoms with Crippen molar-refractivity contribution in [3.8, 4) is 0 Å². The van der Waals surface area contributed by atoms with Crippen LogP contribution in [0.3, 0.4) is 0 Å². The van der Waals surface area contributed by atoms with Crippen molar-refractivity contribution < 1.29 is 27.5 Å². The fourth-order valence-electron chi connectivity index (χ4n) is 3.55. The van der Waals surface area contributed by atoms with E-state index in [9.17, 15) is 18.0 Å². The lowest BCUT2D eigenvalue weighted by atomic mass is 10.1. The summed E-state index contributed by atoms with van der Waals surface area (Å²) in [4.78, 5) is 31.7. The first kappa shape index (κ1) is 25.1. The number of benzene rings is 1. The summed E-state index contributed by atoms with van der Waals surface area (Å²) in [5, 5.41) is 2.93. The topological polar surface area (TPSA) is 118 Å². The molecular formula is C21H28N4O6S2.